The van der Waals surface area contributed by atoms with E-state index in [2.05, 4.69) is 30.9 Å². The second-order valence-corrected chi connectivity index (χ2v) is 8.42. The third-order valence-corrected chi connectivity index (χ3v) is 6.92. The monoisotopic (exact) mass is 334 g/mol. The van der Waals surface area contributed by atoms with E-state index in [1.165, 1.54) is 23.7 Å². The van der Waals surface area contributed by atoms with Crippen molar-refractivity contribution in [3.63, 3.8) is 0 Å². The Bertz CT molecular complexity index is 288. The van der Waals surface area contributed by atoms with Gasteiger partial charge in [0.1, 0.15) is 0 Å². The van der Waals surface area contributed by atoms with Gasteiger partial charge < -0.3 is 0 Å². The van der Waals surface area contributed by atoms with E-state index in [0.717, 1.165) is 18.4 Å². The maximum absolute atomic E-state index is 5.68. The predicted octanol–water partition coefficient (Wildman–Crippen LogP) is -0.337. The zero-order valence-corrected chi connectivity index (χ0v) is 13.0. The first-order valence-electron chi connectivity index (χ1n) is 6.41. The van der Waals surface area contributed by atoms with Crippen molar-refractivity contribution >= 4 is 0 Å². The van der Waals surface area contributed by atoms with Crippen LogP contribution in [0.3, 0.4) is 0 Å². The van der Waals surface area contributed by atoms with Crippen molar-refractivity contribution in [3.05, 3.63) is 12.2 Å². The van der Waals surface area contributed by atoms with Gasteiger partial charge in [0.05, 0.1) is 0 Å². The Kier molecular flexibility index (Phi) is 3.70. The van der Waals surface area contributed by atoms with Gasteiger partial charge >= 0.3 is 111 Å². The molecule has 16 heavy (non-hydrogen) atoms. The summed E-state index contributed by atoms with van der Waals surface area (Å²) >= 11 is 0.435. The number of allylic oxidation sites excluding steroid dienone is 2. The fourth-order valence-electron chi connectivity index (χ4n) is 4.06. The SMILES string of the molecule is C[I-]CC1CC2(C)C=CC1(C)C2CCCN. The Labute approximate surface area is 111 Å². The molecular formula is C14H25IN-. The normalized spacial score (nSPS) is 45.8. The second kappa shape index (κ2) is 4.60. The maximum atomic E-state index is 5.68. The summed E-state index contributed by atoms with van der Waals surface area (Å²) in [5.74, 6) is 1.83. The molecule has 0 saturated heterocycles. The Morgan fingerprint density at radius 2 is 2.12 bits per heavy atom. The first-order valence-corrected chi connectivity index (χ1v) is 10.1. The molecule has 2 N–H and O–H groups in total. The molecule has 2 aliphatic carbocycles. The predicted molar refractivity (Wildman–Crippen MR) is 66.0 cm³/mol. The van der Waals surface area contributed by atoms with Crippen LogP contribution in [0.25, 0.3) is 0 Å². The number of hydrogen-bond acceptors (Lipinski definition) is 1. The zero-order valence-electron chi connectivity index (χ0n) is 10.8. The molecule has 2 aliphatic rings. The molecule has 0 aliphatic heterocycles. The van der Waals surface area contributed by atoms with Gasteiger partial charge in [-0.2, -0.15) is 0 Å². The first-order chi connectivity index (χ1) is 7.57. The van der Waals surface area contributed by atoms with E-state index >= 15 is 0 Å². The van der Waals surface area contributed by atoms with Gasteiger partial charge in [-0.15, -0.1) is 0 Å². The Hall–Kier alpha value is 0.430. The molecule has 1 nitrogen and oxygen atoms in total. The number of hydrogen-bond donors (Lipinski definition) is 1. The minimum absolute atomic E-state index is 0.435. The summed E-state index contributed by atoms with van der Waals surface area (Å²) in [6.07, 6.45) is 9.02. The van der Waals surface area contributed by atoms with Crippen LogP contribution in [0.15, 0.2) is 12.2 Å². The topological polar surface area (TPSA) is 26.0 Å². The summed E-state index contributed by atoms with van der Waals surface area (Å²) in [4.78, 5) is 2.43. The van der Waals surface area contributed by atoms with Gasteiger partial charge in [-0.25, -0.2) is 0 Å². The van der Waals surface area contributed by atoms with E-state index in [0.29, 0.717) is 32.0 Å². The third kappa shape index (κ3) is 1.86. The van der Waals surface area contributed by atoms with Crippen molar-refractivity contribution in [1.82, 2.24) is 0 Å². The minimum atomic E-state index is 0.435. The van der Waals surface area contributed by atoms with E-state index in [4.69, 9.17) is 5.73 Å². The first kappa shape index (κ1) is 12.9. The molecule has 2 heteroatoms. The summed E-state index contributed by atoms with van der Waals surface area (Å²) in [5.41, 5.74) is 6.68. The van der Waals surface area contributed by atoms with Crippen molar-refractivity contribution in [3.8, 4) is 0 Å². The molecule has 0 amide bonds. The van der Waals surface area contributed by atoms with Crippen molar-refractivity contribution in [2.24, 2.45) is 28.4 Å². The molecule has 2 rings (SSSR count). The number of alkyl halides is 2. The van der Waals surface area contributed by atoms with Crippen LogP contribution >= 0.6 is 0 Å². The number of nitrogens with two attached hydrogens (primary N) is 1. The van der Waals surface area contributed by atoms with E-state index in [-0.39, 0.29) is 0 Å². The third-order valence-electron chi connectivity index (χ3n) is 4.97. The van der Waals surface area contributed by atoms with E-state index in [1.807, 2.05) is 0 Å². The summed E-state index contributed by atoms with van der Waals surface area (Å²) in [7, 11) is 0. The van der Waals surface area contributed by atoms with E-state index in [1.54, 1.807) is 0 Å². The fraction of sp³-hybridized carbons (Fsp3) is 0.857. The molecule has 0 aromatic rings. The standard InChI is InChI=1S/C14H25IN/c1-13-6-7-14(2,11(9-13)10-15-3)12(13)5-4-8-16/h6-7,11-12H,4-5,8-10,16H2,1-3H3/q-1. The molecule has 0 spiro atoms. The molecule has 1 saturated carbocycles. The van der Waals surface area contributed by atoms with Gasteiger partial charge in [-0.1, -0.05) is 0 Å². The van der Waals surface area contributed by atoms with Gasteiger partial charge in [0.25, 0.3) is 0 Å². The van der Waals surface area contributed by atoms with Crippen LogP contribution in [0.1, 0.15) is 33.1 Å². The summed E-state index contributed by atoms with van der Waals surface area (Å²) in [6, 6.07) is 0. The van der Waals surface area contributed by atoms with Gasteiger partial charge in [-0.3, -0.25) is 0 Å². The van der Waals surface area contributed by atoms with Crippen LogP contribution in [0.5, 0.6) is 0 Å². The van der Waals surface area contributed by atoms with Crippen LogP contribution in [0.4, 0.5) is 0 Å². The average molecular weight is 334 g/mol. The van der Waals surface area contributed by atoms with Crippen molar-refractivity contribution < 1.29 is 21.2 Å². The Morgan fingerprint density at radius 1 is 1.38 bits per heavy atom. The van der Waals surface area contributed by atoms with Gasteiger partial charge in [0, 0.05) is 0 Å². The van der Waals surface area contributed by atoms with Crippen LogP contribution < -0.4 is 26.9 Å². The summed E-state index contributed by atoms with van der Waals surface area (Å²) in [6.45, 7) is 5.84. The van der Waals surface area contributed by atoms with E-state index < -0.39 is 0 Å². The van der Waals surface area contributed by atoms with Crippen molar-refractivity contribution in [2.45, 2.75) is 33.1 Å². The zero-order chi connectivity index (χ0) is 11.8. The second-order valence-electron chi connectivity index (χ2n) is 6.01. The van der Waals surface area contributed by atoms with E-state index in [9.17, 15) is 0 Å². The molecule has 94 valence electrons. The van der Waals surface area contributed by atoms with Crippen LogP contribution in [0, 0.1) is 22.7 Å². The molecule has 0 aromatic carbocycles. The molecule has 0 heterocycles. The van der Waals surface area contributed by atoms with Crippen LogP contribution in [0.2, 0.25) is 0 Å². The molecule has 0 aromatic heterocycles. The fourth-order valence-corrected chi connectivity index (χ4v) is 6.39. The van der Waals surface area contributed by atoms with Gasteiger partial charge in [0.15, 0.2) is 0 Å². The van der Waals surface area contributed by atoms with Gasteiger partial charge in [-0.05, 0) is 0 Å². The number of rotatable bonds is 5. The van der Waals surface area contributed by atoms with Crippen molar-refractivity contribution in [2.75, 3.05) is 15.9 Å². The summed E-state index contributed by atoms with van der Waals surface area (Å²) < 4.78 is 1.51. The Morgan fingerprint density at radius 3 is 2.75 bits per heavy atom. The number of halogens is 1. The molecule has 2 bridgehead atoms. The van der Waals surface area contributed by atoms with Crippen LogP contribution in [-0.2, 0) is 0 Å². The molecular weight excluding hydrogens is 309 g/mol. The molecule has 4 atom stereocenters. The molecule has 4 unspecified atom stereocenters. The quantitative estimate of drug-likeness (QED) is 0.416. The molecule has 1 fully saturated rings. The summed E-state index contributed by atoms with van der Waals surface area (Å²) in [5, 5.41) is 0. The molecule has 0 radical (unpaired) electrons. The average Bonchev–Trinajstić information content (AvgIpc) is 2.60. The number of fused-ring (bicyclic) bond motifs is 2. The Balaban J connectivity index is 2.15. The van der Waals surface area contributed by atoms with Crippen molar-refractivity contribution in [1.29, 1.82) is 0 Å². The van der Waals surface area contributed by atoms with Gasteiger partial charge in [0.2, 0.25) is 0 Å². The van der Waals surface area contributed by atoms with Crippen LogP contribution in [-0.4, -0.2) is 15.9 Å².